The third-order valence-corrected chi connectivity index (χ3v) is 3.52. The lowest BCUT2D eigenvalue weighted by Gasteiger charge is -2.14. The first kappa shape index (κ1) is 14.4. The SMILES string of the molecule is COc1ccc(CC(C(=O)O)c2ccccc2Cl)cc1. The van der Waals surface area contributed by atoms with Gasteiger partial charge in [-0.1, -0.05) is 41.9 Å². The summed E-state index contributed by atoms with van der Waals surface area (Å²) in [6, 6.07) is 14.4. The Morgan fingerprint density at radius 3 is 2.40 bits per heavy atom. The summed E-state index contributed by atoms with van der Waals surface area (Å²) in [5.74, 6) is -0.788. The molecular formula is C16H15ClO3. The summed E-state index contributed by atoms with van der Waals surface area (Å²) in [7, 11) is 1.60. The van der Waals surface area contributed by atoms with Gasteiger partial charge in [-0.15, -0.1) is 0 Å². The van der Waals surface area contributed by atoms with Crippen LogP contribution in [-0.2, 0) is 11.2 Å². The molecule has 4 heteroatoms. The second-order valence-corrected chi connectivity index (χ2v) is 4.87. The van der Waals surface area contributed by atoms with Crippen LogP contribution in [-0.4, -0.2) is 18.2 Å². The van der Waals surface area contributed by atoms with Gasteiger partial charge in [0.1, 0.15) is 5.75 Å². The lowest BCUT2D eigenvalue weighted by atomic mass is 9.92. The number of benzene rings is 2. The molecular weight excluding hydrogens is 276 g/mol. The van der Waals surface area contributed by atoms with Gasteiger partial charge in [0.15, 0.2) is 0 Å². The van der Waals surface area contributed by atoms with Crippen molar-refractivity contribution < 1.29 is 14.6 Å². The van der Waals surface area contributed by atoms with Crippen molar-refractivity contribution in [2.75, 3.05) is 7.11 Å². The van der Waals surface area contributed by atoms with Crippen molar-refractivity contribution in [3.63, 3.8) is 0 Å². The van der Waals surface area contributed by atoms with E-state index >= 15 is 0 Å². The molecule has 0 aliphatic heterocycles. The van der Waals surface area contributed by atoms with Crippen LogP contribution < -0.4 is 4.74 Å². The van der Waals surface area contributed by atoms with Gasteiger partial charge in [-0.05, 0) is 35.7 Å². The maximum Gasteiger partial charge on any atom is 0.311 e. The number of carboxylic acids is 1. The molecule has 0 aromatic heterocycles. The van der Waals surface area contributed by atoms with E-state index in [1.165, 1.54) is 0 Å². The molecule has 104 valence electrons. The number of hydrogen-bond donors (Lipinski definition) is 1. The van der Waals surface area contributed by atoms with Gasteiger partial charge in [0.25, 0.3) is 0 Å². The zero-order valence-electron chi connectivity index (χ0n) is 11.0. The Morgan fingerprint density at radius 1 is 1.20 bits per heavy atom. The molecule has 0 aliphatic rings. The molecule has 0 spiro atoms. The summed E-state index contributed by atoms with van der Waals surface area (Å²) in [5, 5.41) is 9.91. The highest BCUT2D eigenvalue weighted by atomic mass is 35.5. The van der Waals surface area contributed by atoms with E-state index in [0.717, 1.165) is 11.3 Å². The number of methoxy groups -OCH3 is 1. The van der Waals surface area contributed by atoms with E-state index in [0.29, 0.717) is 17.0 Å². The molecule has 0 saturated heterocycles. The summed E-state index contributed by atoms with van der Waals surface area (Å²) < 4.78 is 5.09. The molecule has 1 N–H and O–H groups in total. The first-order valence-electron chi connectivity index (χ1n) is 6.22. The van der Waals surface area contributed by atoms with Crippen molar-refractivity contribution in [2.24, 2.45) is 0 Å². The quantitative estimate of drug-likeness (QED) is 0.912. The van der Waals surface area contributed by atoms with E-state index < -0.39 is 11.9 Å². The molecule has 1 atom stereocenters. The lowest BCUT2D eigenvalue weighted by molar-refractivity contribution is -0.138. The fourth-order valence-electron chi connectivity index (χ4n) is 2.09. The van der Waals surface area contributed by atoms with E-state index in [-0.39, 0.29) is 0 Å². The molecule has 0 aliphatic carbocycles. The third-order valence-electron chi connectivity index (χ3n) is 3.18. The smallest absolute Gasteiger partial charge is 0.311 e. The Morgan fingerprint density at radius 2 is 1.85 bits per heavy atom. The predicted molar refractivity (Wildman–Crippen MR) is 78.5 cm³/mol. The summed E-state index contributed by atoms with van der Waals surface area (Å²) >= 11 is 6.09. The normalized spacial score (nSPS) is 11.9. The number of rotatable bonds is 5. The third kappa shape index (κ3) is 3.31. The summed E-state index contributed by atoms with van der Waals surface area (Å²) in [4.78, 5) is 11.5. The molecule has 3 nitrogen and oxygen atoms in total. The van der Waals surface area contributed by atoms with Crippen LogP contribution in [0.4, 0.5) is 0 Å². The minimum absolute atomic E-state index is 0.392. The van der Waals surface area contributed by atoms with Crippen LogP contribution in [0.1, 0.15) is 17.0 Å². The largest absolute Gasteiger partial charge is 0.497 e. The van der Waals surface area contributed by atoms with Gasteiger partial charge in [-0.3, -0.25) is 4.79 Å². The number of carbonyl (C=O) groups is 1. The average molecular weight is 291 g/mol. The lowest BCUT2D eigenvalue weighted by Crippen LogP contribution is -2.14. The number of carboxylic acid groups (broad SMARTS) is 1. The van der Waals surface area contributed by atoms with E-state index in [1.54, 1.807) is 31.4 Å². The molecule has 0 amide bonds. The molecule has 0 bridgehead atoms. The first-order valence-corrected chi connectivity index (χ1v) is 6.59. The Labute approximate surface area is 122 Å². The highest BCUT2D eigenvalue weighted by Crippen LogP contribution is 2.28. The van der Waals surface area contributed by atoms with Gasteiger partial charge in [0.2, 0.25) is 0 Å². The van der Waals surface area contributed by atoms with Gasteiger partial charge >= 0.3 is 5.97 Å². The van der Waals surface area contributed by atoms with E-state index in [4.69, 9.17) is 16.3 Å². The molecule has 2 rings (SSSR count). The van der Waals surface area contributed by atoms with Crippen LogP contribution >= 0.6 is 11.6 Å². The number of halogens is 1. The van der Waals surface area contributed by atoms with Gasteiger partial charge < -0.3 is 9.84 Å². The van der Waals surface area contributed by atoms with Gasteiger partial charge in [0.05, 0.1) is 13.0 Å². The van der Waals surface area contributed by atoms with Crippen molar-refractivity contribution in [2.45, 2.75) is 12.3 Å². The maximum absolute atomic E-state index is 11.5. The van der Waals surface area contributed by atoms with Crippen molar-refractivity contribution in [3.8, 4) is 5.75 Å². The van der Waals surface area contributed by atoms with E-state index in [9.17, 15) is 9.90 Å². The van der Waals surface area contributed by atoms with Crippen LogP contribution in [0.5, 0.6) is 5.75 Å². The van der Waals surface area contributed by atoms with Crippen molar-refractivity contribution in [1.82, 2.24) is 0 Å². The summed E-state index contributed by atoms with van der Waals surface area (Å²) in [6.45, 7) is 0. The second-order valence-electron chi connectivity index (χ2n) is 4.46. The van der Waals surface area contributed by atoms with Crippen molar-refractivity contribution in [1.29, 1.82) is 0 Å². The fraction of sp³-hybridized carbons (Fsp3) is 0.188. The molecule has 2 aromatic carbocycles. The van der Waals surface area contributed by atoms with Crippen LogP contribution in [0.25, 0.3) is 0 Å². The summed E-state index contributed by atoms with van der Waals surface area (Å²) in [6.07, 6.45) is 0.392. The van der Waals surface area contributed by atoms with Crippen LogP contribution in [0.2, 0.25) is 5.02 Å². The standard InChI is InChI=1S/C16H15ClO3/c1-20-12-8-6-11(7-9-12)10-14(16(18)19)13-4-2-3-5-15(13)17/h2-9,14H,10H2,1H3,(H,18,19). The van der Waals surface area contributed by atoms with Crippen molar-refractivity contribution >= 4 is 17.6 Å². The topological polar surface area (TPSA) is 46.5 Å². The maximum atomic E-state index is 11.5. The van der Waals surface area contributed by atoms with Crippen LogP contribution in [0.15, 0.2) is 48.5 Å². The Kier molecular flexibility index (Phi) is 4.64. The number of ether oxygens (including phenoxy) is 1. The zero-order valence-corrected chi connectivity index (χ0v) is 11.8. The molecule has 0 fully saturated rings. The van der Waals surface area contributed by atoms with Crippen LogP contribution in [0, 0.1) is 0 Å². The molecule has 2 aromatic rings. The van der Waals surface area contributed by atoms with E-state index in [2.05, 4.69) is 0 Å². The Balaban J connectivity index is 2.26. The van der Waals surface area contributed by atoms with Gasteiger partial charge in [-0.25, -0.2) is 0 Å². The van der Waals surface area contributed by atoms with Crippen molar-refractivity contribution in [3.05, 3.63) is 64.7 Å². The Hall–Kier alpha value is -2.00. The first-order chi connectivity index (χ1) is 9.61. The molecule has 0 heterocycles. The average Bonchev–Trinajstić information content (AvgIpc) is 2.46. The summed E-state index contributed by atoms with van der Waals surface area (Å²) in [5.41, 5.74) is 1.57. The highest BCUT2D eigenvalue weighted by Gasteiger charge is 2.22. The zero-order chi connectivity index (χ0) is 14.5. The fourth-order valence-corrected chi connectivity index (χ4v) is 2.35. The van der Waals surface area contributed by atoms with E-state index in [1.807, 2.05) is 24.3 Å². The highest BCUT2D eigenvalue weighted by molar-refractivity contribution is 6.31. The Bertz CT molecular complexity index is 593. The number of aliphatic carboxylic acids is 1. The molecule has 0 saturated carbocycles. The minimum atomic E-state index is -0.881. The van der Waals surface area contributed by atoms with Crippen LogP contribution in [0.3, 0.4) is 0 Å². The van der Waals surface area contributed by atoms with Gasteiger partial charge in [-0.2, -0.15) is 0 Å². The molecule has 0 radical (unpaired) electrons. The monoisotopic (exact) mass is 290 g/mol. The molecule has 20 heavy (non-hydrogen) atoms. The second kappa shape index (κ2) is 6.44. The minimum Gasteiger partial charge on any atom is -0.497 e. The molecule has 1 unspecified atom stereocenters. The van der Waals surface area contributed by atoms with Gasteiger partial charge in [0, 0.05) is 5.02 Å². The number of hydrogen-bond acceptors (Lipinski definition) is 2. The predicted octanol–water partition coefficient (Wildman–Crippen LogP) is 3.76.